The molecule has 1 unspecified atom stereocenters. The summed E-state index contributed by atoms with van der Waals surface area (Å²) >= 11 is 0. The second-order valence-electron chi connectivity index (χ2n) is 3.40. The van der Waals surface area contributed by atoms with Crippen LogP contribution in [0.1, 0.15) is 20.3 Å². The molecule has 0 fully saturated rings. The van der Waals surface area contributed by atoms with Crippen LogP contribution in [0.25, 0.3) is 0 Å². The number of nitrogens with zero attached hydrogens (tertiary/aromatic N) is 1. The molecule has 0 aromatic carbocycles. The van der Waals surface area contributed by atoms with E-state index in [0.29, 0.717) is 13.2 Å². The number of amides is 1. The smallest absolute Gasteiger partial charge is 0.263 e. The van der Waals surface area contributed by atoms with Gasteiger partial charge in [0.05, 0.1) is 6.61 Å². The molecule has 16 heavy (non-hydrogen) atoms. The lowest BCUT2D eigenvalue weighted by atomic mass is 10.2. The zero-order valence-electron chi connectivity index (χ0n) is 10.0. The lowest BCUT2D eigenvalue weighted by Crippen LogP contribution is -2.33. The van der Waals surface area contributed by atoms with E-state index in [1.54, 1.807) is 7.11 Å². The van der Waals surface area contributed by atoms with Crippen molar-refractivity contribution < 1.29 is 9.53 Å². The normalized spacial score (nSPS) is 12.8. The second kappa shape index (κ2) is 8.74. The third-order valence-electron chi connectivity index (χ3n) is 2.05. The van der Waals surface area contributed by atoms with Crippen molar-refractivity contribution in [3.8, 4) is 6.07 Å². The predicted molar refractivity (Wildman–Crippen MR) is 61.5 cm³/mol. The Hall–Kier alpha value is -1.54. The van der Waals surface area contributed by atoms with Crippen molar-refractivity contribution in [2.75, 3.05) is 20.3 Å². The highest BCUT2D eigenvalue weighted by Crippen LogP contribution is 1.94. The van der Waals surface area contributed by atoms with Crippen molar-refractivity contribution in [3.63, 3.8) is 0 Å². The van der Waals surface area contributed by atoms with Crippen molar-refractivity contribution in [1.82, 2.24) is 10.6 Å². The van der Waals surface area contributed by atoms with E-state index in [9.17, 15) is 4.79 Å². The molecule has 2 N–H and O–H groups in total. The minimum Gasteiger partial charge on any atom is -0.387 e. The number of methoxy groups -OCH3 is 1. The van der Waals surface area contributed by atoms with E-state index in [2.05, 4.69) is 10.6 Å². The van der Waals surface area contributed by atoms with Crippen LogP contribution in [0, 0.1) is 11.3 Å². The topological polar surface area (TPSA) is 74.2 Å². The van der Waals surface area contributed by atoms with Crippen molar-refractivity contribution in [2.24, 2.45) is 0 Å². The maximum absolute atomic E-state index is 11.5. The van der Waals surface area contributed by atoms with Crippen LogP contribution in [-0.2, 0) is 9.53 Å². The van der Waals surface area contributed by atoms with Gasteiger partial charge in [0.1, 0.15) is 11.6 Å². The van der Waals surface area contributed by atoms with Gasteiger partial charge in [-0.15, -0.1) is 0 Å². The van der Waals surface area contributed by atoms with Gasteiger partial charge in [0.25, 0.3) is 5.91 Å². The van der Waals surface area contributed by atoms with E-state index in [4.69, 9.17) is 10.00 Å². The van der Waals surface area contributed by atoms with E-state index in [1.165, 1.54) is 6.20 Å². The molecule has 1 amide bonds. The van der Waals surface area contributed by atoms with E-state index < -0.39 is 0 Å². The van der Waals surface area contributed by atoms with Gasteiger partial charge in [-0.3, -0.25) is 4.79 Å². The van der Waals surface area contributed by atoms with Gasteiger partial charge in [-0.1, -0.05) is 6.92 Å². The van der Waals surface area contributed by atoms with Crippen LogP contribution in [0.15, 0.2) is 11.8 Å². The monoisotopic (exact) mass is 225 g/mol. The molecule has 0 heterocycles. The Morgan fingerprint density at radius 3 is 2.81 bits per heavy atom. The molecule has 0 aromatic heterocycles. The van der Waals surface area contributed by atoms with Crippen LogP contribution in [-0.4, -0.2) is 32.2 Å². The Kier molecular flexibility index (Phi) is 7.90. The summed E-state index contributed by atoms with van der Waals surface area (Å²) in [6.07, 6.45) is 2.25. The SMILES string of the molecule is CCC(C)NC(=O)/C(C#N)=C\NCCOC. The third kappa shape index (κ3) is 6.04. The molecule has 0 bridgehead atoms. The van der Waals surface area contributed by atoms with E-state index in [0.717, 1.165) is 6.42 Å². The van der Waals surface area contributed by atoms with Gasteiger partial charge in [0, 0.05) is 25.9 Å². The summed E-state index contributed by atoms with van der Waals surface area (Å²) in [6.45, 7) is 4.96. The molecule has 5 nitrogen and oxygen atoms in total. The highest BCUT2D eigenvalue weighted by Gasteiger charge is 2.10. The number of carbonyl (C=O) groups is 1. The van der Waals surface area contributed by atoms with Crippen LogP contribution in [0.3, 0.4) is 0 Å². The van der Waals surface area contributed by atoms with Gasteiger partial charge in [-0.2, -0.15) is 5.26 Å². The number of hydrogen-bond donors (Lipinski definition) is 2. The summed E-state index contributed by atoms with van der Waals surface area (Å²) in [5, 5.41) is 14.3. The van der Waals surface area contributed by atoms with E-state index in [-0.39, 0.29) is 17.5 Å². The molecule has 0 aliphatic rings. The Labute approximate surface area is 96.5 Å². The molecule has 0 rings (SSSR count). The number of rotatable bonds is 7. The number of carbonyl (C=O) groups excluding carboxylic acids is 1. The average Bonchev–Trinajstić information content (AvgIpc) is 2.28. The molecule has 0 spiro atoms. The standard InChI is InChI=1S/C11H19N3O2/c1-4-9(2)14-11(15)10(7-12)8-13-5-6-16-3/h8-9,13H,4-6H2,1-3H3,(H,14,15)/b10-8-. The first-order valence-corrected chi connectivity index (χ1v) is 5.29. The molecular weight excluding hydrogens is 206 g/mol. The summed E-state index contributed by atoms with van der Waals surface area (Å²) in [7, 11) is 1.59. The number of ether oxygens (including phenoxy) is 1. The maximum atomic E-state index is 11.5. The highest BCUT2D eigenvalue weighted by atomic mass is 16.5. The first kappa shape index (κ1) is 14.5. The number of nitrogens with one attached hydrogen (secondary N) is 2. The quantitative estimate of drug-likeness (QED) is 0.377. The summed E-state index contributed by atoms with van der Waals surface area (Å²) < 4.78 is 4.82. The lowest BCUT2D eigenvalue weighted by molar-refractivity contribution is -0.117. The van der Waals surface area contributed by atoms with Crippen molar-refractivity contribution in [3.05, 3.63) is 11.8 Å². The third-order valence-corrected chi connectivity index (χ3v) is 2.05. The number of hydrogen-bond acceptors (Lipinski definition) is 4. The first-order chi connectivity index (χ1) is 7.65. The maximum Gasteiger partial charge on any atom is 0.263 e. The molecule has 0 saturated heterocycles. The molecule has 0 aliphatic carbocycles. The fourth-order valence-corrected chi connectivity index (χ4v) is 0.887. The van der Waals surface area contributed by atoms with Crippen molar-refractivity contribution >= 4 is 5.91 Å². The van der Waals surface area contributed by atoms with Gasteiger partial charge < -0.3 is 15.4 Å². The van der Waals surface area contributed by atoms with Gasteiger partial charge in [0.15, 0.2) is 0 Å². The molecule has 0 saturated carbocycles. The zero-order chi connectivity index (χ0) is 12.4. The Morgan fingerprint density at radius 2 is 2.31 bits per heavy atom. The van der Waals surface area contributed by atoms with Gasteiger partial charge in [0.2, 0.25) is 0 Å². The minimum absolute atomic E-state index is 0.0724. The second-order valence-corrected chi connectivity index (χ2v) is 3.40. The fourth-order valence-electron chi connectivity index (χ4n) is 0.887. The van der Waals surface area contributed by atoms with Crippen LogP contribution < -0.4 is 10.6 Å². The highest BCUT2D eigenvalue weighted by molar-refractivity contribution is 5.97. The Balaban J connectivity index is 4.16. The molecule has 5 heteroatoms. The molecule has 0 aromatic rings. The van der Waals surface area contributed by atoms with Crippen LogP contribution in [0.5, 0.6) is 0 Å². The van der Waals surface area contributed by atoms with Crippen molar-refractivity contribution in [1.29, 1.82) is 5.26 Å². The average molecular weight is 225 g/mol. The summed E-state index contributed by atoms with van der Waals surface area (Å²) in [5.74, 6) is -0.346. The van der Waals surface area contributed by atoms with E-state index in [1.807, 2.05) is 19.9 Å². The molecule has 90 valence electrons. The zero-order valence-corrected chi connectivity index (χ0v) is 10.0. The molecule has 1 atom stereocenters. The molecular formula is C11H19N3O2. The Bertz CT molecular complexity index is 281. The van der Waals surface area contributed by atoms with Crippen LogP contribution in [0.2, 0.25) is 0 Å². The predicted octanol–water partition coefficient (Wildman–Crippen LogP) is 0.545. The summed E-state index contributed by atoms with van der Waals surface area (Å²) in [4.78, 5) is 11.5. The Morgan fingerprint density at radius 1 is 1.62 bits per heavy atom. The van der Waals surface area contributed by atoms with Gasteiger partial charge in [-0.25, -0.2) is 0 Å². The van der Waals surface area contributed by atoms with Crippen LogP contribution in [0.4, 0.5) is 0 Å². The van der Waals surface area contributed by atoms with Gasteiger partial charge in [-0.05, 0) is 13.3 Å². The van der Waals surface area contributed by atoms with E-state index >= 15 is 0 Å². The lowest BCUT2D eigenvalue weighted by Gasteiger charge is -2.10. The summed E-state index contributed by atoms with van der Waals surface area (Å²) in [5.41, 5.74) is 0.0800. The molecule has 0 radical (unpaired) electrons. The first-order valence-electron chi connectivity index (χ1n) is 5.29. The summed E-state index contributed by atoms with van der Waals surface area (Å²) in [6, 6.07) is 1.93. The molecule has 0 aliphatic heterocycles. The van der Waals surface area contributed by atoms with Crippen molar-refractivity contribution in [2.45, 2.75) is 26.3 Å². The van der Waals surface area contributed by atoms with Crippen LogP contribution >= 0.6 is 0 Å². The minimum atomic E-state index is -0.346. The largest absolute Gasteiger partial charge is 0.387 e. The van der Waals surface area contributed by atoms with Gasteiger partial charge >= 0.3 is 0 Å². The number of nitriles is 1. The fraction of sp³-hybridized carbons (Fsp3) is 0.636.